The van der Waals surface area contributed by atoms with Crippen molar-refractivity contribution in [2.45, 2.75) is 37.0 Å². The maximum Gasteiger partial charge on any atom is 0.417 e. The van der Waals surface area contributed by atoms with E-state index in [1.807, 2.05) is 0 Å². The number of benzene rings is 2. The van der Waals surface area contributed by atoms with Gasteiger partial charge in [-0.05, 0) is 54.2 Å². The van der Waals surface area contributed by atoms with Gasteiger partial charge in [-0.25, -0.2) is 14.4 Å². The van der Waals surface area contributed by atoms with Gasteiger partial charge in [0.15, 0.2) is 5.78 Å². The molecule has 4 rings (SSSR count). The molecule has 206 valence electrons. The number of aromatic nitrogens is 2. The summed E-state index contributed by atoms with van der Waals surface area (Å²) in [5.41, 5.74) is -3.08. The number of Topliss-reactive ketones (excluding diaryl/α,β-unsaturated/α-hetero) is 1. The number of allylic oxidation sites excluding steroid dienone is 1. The lowest BCUT2D eigenvalue weighted by molar-refractivity contribution is -0.140. The molecule has 1 aromatic heterocycles. The van der Waals surface area contributed by atoms with Crippen molar-refractivity contribution in [1.29, 1.82) is 0 Å². The number of ketones is 1. The van der Waals surface area contributed by atoms with Crippen molar-refractivity contribution in [3.8, 4) is 0 Å². The van der Waals surface area contributed by atoms with Crippen LogP contribution in [0.3, 0.4) is 0 Å². The summed E-state index contributed by atoms with van der Waals surface area (Å²) in [7, 11) is 0. The predicted molar refractivity (Wildman–Crippen MR) is 133 cm³/mol. The number of nitrogens with one attached hydrogen (secondary N) is 1. The minimum Gasteiger partial charge on any atom is -0.347 e. The highest BCUT2D eigenvalue weighted by Gasteiger charge is 2.41. The van der Waals surface area contributed by atoms with E-state index in [0.717, 1.165) is 12.1 Å². The van der Waals surface area contributed by atoms with Gasteiger partial charge in [0.25, 0.3) is 0 Å². The maximum atomic E-state index is 15.1. The Morgan fingerprint density at radius 2 is 1.72 bits per heavy atom. The van der Waals surface area contributed by atoms with Crippen LogP contribution >= 0.6 is 23.2 Å². The lowest BCUT2D eigenvalue weighted by Gasteiger charge is -2.20. The molecule has 2 aromatic carbocycles. The molecule has 0 saturated heterocycles. The van der Waals surface area contributed by atoms with Gasteiger partial charge < -0.3 is 5.32 Å². The van der Waals surface area contributed by atoms with Crippen molar-refractivity contribution >= 4 is 40.8 Å². The largest absolute Gasteiger partial charge is 0.417 e. The standard InChI is InChI=1S/C26H18Cl2F7N3O/c27-20-10-15(8-17(23(20)28)13-2-3-13)18(25(30,31)32)11-21(29)14-4-5-16(19(9-14)26(33,34)35)22(39)12-38-24-36-6-1-7-37-24/h1,4-11,13,18H,2-3,12H2,(H,36,37,38)/b21-11-. The third kappa shape index (κ3) is 6.88. The lowest BCUT2D eigenvalue weighted by atomic mass is 9.93. The van der Waals surface area contributed by atoms with Crippen LogP contribution in [-0.2, 0) is 6.18 Å². The van der Waals surface area contributed by atoms with Gasteiger partial charge in [0, 0.05) is 23.5 Å². The summed E-state index contributed by atoms with van der Waals surface area (Å²) >= 11 is 12.2. The molecule has 1 N–H and O–H groups in total. The van der Waals surface area contributed by atoms with E-state index in [4.69, 9.17) is 23.2 Å². The summed E-state index contributed by atoms with van der Waals surface area (Å²) in [4.78, 5) is 20.1. The van der Waals surface area contributed by atoms with Gasteiger partial charge in [0.2, 0.25) is 5.95 Å². The van der Waals surface area contributed by atoms with Crippen LogP contribution in [0.4, 0.5) is 36.7 Å². The van der Waals surface area contributed by atoms with Crippen molar-refractivity contribution in [3.63, 3.8) is 0 Å². The number of anilines is 1. The molecule has 1 unspecified atom stereocenters. The van der Waals surface area contributed by atoms with E-state index >= 15 is 4.39 Å². The van der Waals surface area contributed by atoms with Gasteiger partial charge in [0.05, 0.1) is 22.2 Å². The zero-order valence-corrected chi connectivity index (χ0v) is 21.2. The summed E-state index contributed by atoms with van der Waals surface area (Å²) in [5.74, 6) is -5.16. The minimum atomic E-state index is -5.10. The highest BCUT2D eigenvalue weighted by atomic mass is 35.5. The Bertz CT molecular complexity index is 1410. The molecule has 1 atom stereocenters. The molecule has 39 heavy (non-hydrogen) atoms. The molecular formula is C26H18Cl2F7N3O. The number of rotatable bonds is 8. The molecule has 0 spiro atoms. The van der Waals surface area contributed by atoms with Gasteiger partial charge in [-0.3, -0.25) is 4.79 Å². The van der Waals surface area contributed by atoms with Crippen LogP contribution in [0.1, 0.15) is 57.3 Å². The quantitative estimate of drug-likeness (QED) is 0.210. The molecule has 1 aliphatic carbocycles. The van der Waals surface area contributed by atoms with Gasteiger partial charge in [0.1, 0.15) is 11.7 Å². The molecule has 0 radical (unpaired) electrons. The van der Waals surface area contributed by atoms with Crippen LogP contribution in [0.2, 0.25) is 10.0 Å². The smallest absolute Gasteiger partial charge is 0.347 e. The fourth-order valence-electron chi connectivity index (χ4n) is 3.94. The monoisotopic (exact) mass is 591 g/mol. The first kappa shape index (κ1) is 28.8. The predicted octanol–water partition coefficient (Wildman–Crippen LogP) is 8.63. The summed E-state index contributed by atoms with van der Waals surface area (Å²) in [6.45, 7) is -0.610. The van der Waals surface area contributed by atoms with Gasteiger partial charge in [-0.2, -0.15) is 26.3 Å². The summed E-state index contributed by atoms with van der Waals surface area (Å²) < 4.78 is 98.5. The highest BCUT2D eigenvalue weighted by molar-refractivity contribution is 6.42. The second-order valence-corrected chi connectivity index (χ2v) is 9.61. The number of carbonyl (C=O) groups excluding carboxylic acids is 1. The van der Waals surface area contributed by atoms with Crippen molar-refractivity contribution in [2.24, 2.45) is 0 Å². The van der Waals surface area contributed by atoms with E-state index in [0.29, 0.717) is 30.5 Å². The van der Waals surface area contributed by atoms with Crippen LogP contribution in [-0.4, -0.2) is 28.5 Å². The average Bonchev–Trinajstić information content (AvgIpc) is 3.72. The number of nitrogens with zero attached hydrogens (tertiary/aromatic N) is 2. The van der Waals surface area contributed by atoms with E-state index in [-0.39, 0.29) is 28.0 Å². The molecule has 1 fully saturated rings. The van der Waals surface area contributed by atoms with Crippen molar-refractivity contribution in [3.05, 3.63) is 92.7 Å². The topological polar surface area (TPSA) is 54.9 Å². The van der Waals surface area contributed by atoms with Crippen LogP contribution in [0.25, 0.3) is 5.83 Å². The molecule has 0 amide bonds. The zero-order chi connectivity index (χ0) is 28.5. The van der Waals surface area contributed by atoms with Gasteiger partial charge >= 0.3 is 12.4 Å². The van der Waals surface area contributed by atoms with Crippen LogP contribution < -0.4 is 5.32 Å². The maximum absolute atomic E-state index is 15.1. The Labute approximate surface area is 227 Å². The molecule has 0 bridgehead atoms. The molecule has 4 nitrogen and oxygen atoms in total. The van der Waals surface area contributed by atoms with E-state index in [1.165, 1.54) is 24.5 Å². The van der Waals surface area contributed by atoms with E-state index in [9.17, 15) is 31.1 Å². The third-order valence-electron chi connectivity index (χ3n) is 5.99. The number of hydrogen-bond donors (Lipinski definition) is 1. The summed E-state index contributed by atoms with van der Waals surface area (Å²) in [5, 5.41) is 2.44. The Kier molecular flexibility index (Phi) is 8.22. The first-order valence-electron chi connectivity index (χ1n) is 11.4. The molecule has 1 heterocycles. The van der Waals surface area contributed by atoms with Crippen LogP contribution in [0.15, 0.2) is 54.9 Å². The van der Waals surface area contributed by atoms with Crippen LogP contribution in [0, 0.1) is 0 Å². The van der Waals surface area contributed by atoms with E-state index < -0.39 is 58.7 Å². The van der Waals surface area contributed by atoms with Crippen LogP contribution in [0.5, 0.6) is 0 Å². The Morgan fingerprint density at radius 1 is 1.05 bits per heavy atom. The first-order chi connectivity index (χ1) is 18.3. The number of carbonyl (C=O) groups is 1. The van der Waals surface area contributed by atoms with Crippen molar-refractivity contribution in [2.75, 3.05) is 11.9 Å². The van der Waals surface area contributed by atoms with Crippen molar-refractivity contribution < 1.29 is 35.5 Å². The SMILES string of the molecule is O=C(CNc1ncccn1)c1ccc(/C(F)=C/C(c2cc(Cl)c(Cl)c(C3CC3)c2)C(F)(F)F)cc1C(F)(F)F. The Balaban J connectivity index is 1.68. The molecule has 3 aromatic rings. The Hall–Kier alpha value is -3.18. The molecule has 0 aliphatic heterocycles. The summed E-state index contributed by atoms with van der Waals surface area (Å²) in [6.07, 6.45) is -5.80. The molecular weight excluding hydrogens is 574 g/mol. The van der Waals surface area contributed by atoms with Gasteiger partial charge in [-0.1, -0.05) is 41.4 Å². The Morgan fingerprint density at radius 3 is 2.31 bits per heavy atom. The normalized spacial score (nSPS) is 15.3. The minimum absolute atomic E-state index is 0.00431. The van der Waals surface area contributed by atoms with E-state index in [1.54, 1.807) is 0 Å². The first-order valence-corrected chi connectivity index (χ1v) is 12.2. The lowest BCUT2D eigenvalue weighted by Crippen LogP contribution is -2.20. The van der Waals surface area contributed by atoms with Gasteiger partial charge in [-0.15, -0.1) is 0 Å². The number of alkyl halides is 6. The molecule has 1 aliphatic rings. The second-order valence-electron chi connectivity index (χ2n) is 8.82. The molecule has 1 saturated carbocycles. The second kappa shape index (κ2) is 11.1. The third-order valence-corrected chi connectivity index (χ3v) is 6.81. The summed E-state index contributed by atoms with van der Waals surface area (Å²) in [6, 6.07) is 5.48. The highest BCUT2D eigenvalue weighted by Crippen LogP contribution is 2.48. The fraction of sp³-hybridized carbons (Fsp3) is 0.269. The average molecular weight is 592 g/mol. The zero-order valence-electron chi connectivity index (χ0n) is 19.7. The van der Waals surface area contributed by atoms with E-state index in [2.05, 4.69) is 15.3 Å². The fourth-order valence-corrected chi connectivity index (χ4v) is 4.44. The number of halogens is 9. The number of hydrogen-bond acceptors (Lipinski definition) is 4. The molecule has 13 heteroatoms. The van der Waals surface area contributed by atoms with Crippen molar-refractivity contribution in [1.82, 2.24) is 9.97 Å².